The van der Waals surface area contributed by atoms with Crippen LogP contribution in [0.3, 0.4) is 0 Å². The number of methoxy groups -OCH3 is 1. The zero-order chi connectivity index (χ0) is 19.1. The van der Waals surface area contributed by atoms with Gasteiger partial charge in [0.2, 0.25) is 11.1 Å². The third-order valence-corrected chi connectivity index (χ3v) is 5.03. The summed E-state index contributed by atoms with van der Waals surface area (Å²) in [7, 11) is 1.55. The lowest BCUT2D eigenvalue weighted by Gasteiger charge is -2.09. The van der Waals surface area contributed by atoms with Crippen molar-refractivity contribution in [2.24, 2.45) is 5.10 Å². The van der Waals surface area contributed by atoms with Gasteiger partial charge < -0.3 is 15.9 Å². The molecule has 1 aromatic carbocycles. The van der Waals surface area contributed by atoms with E-state index in [0.717, 1.165) is 16.6 Å². The number of aromatic nitrogens is 3. The van der Waals surface area contributed by atoms with Crippen molar-refractivity contribution in [3.63, 3.8) is 0 Å². The van der Waals surface area contributed by atoms with E-state index in [-0.39, 0.29) is 17.6 Å². The van der Waals surface area contributed by atoms with Gasteiger partial charge in [-0.05, 0) is 23.6 Å². The number of benzene rings is 1. The molecule has 0 fully saturated rings. The molecule has 27 heavy (non-hydrogen) atoms. The molecule has 9 nitrogen and oxygen atoms in total. The average molecular weight is 403 g/mol. The first-order valence-corrected chi connectivity index (χ1v) is 9.62. The number of thioether (sulfide) groups is 1. The largest absolute Gasteiger partial charge is 0.495 e. The first kappa shape index (κ1) is 18.7. The number of carbonyl (C=O) groups is 1. The minimum absolute atomic E-state index is 0.117. The summed E-state index contributed by atoms with van der Waals surface area (Å²) in [5, 5.41) is 17.1. The number of hydrogen-bond acceptors (Lipinski definition) is 9. The molecule has 0 aliphatic heterocycles. The molecule has 3 rings (SSSR count). The SMILES string of the molecule is COc1ccccc1NC(=O)CSc1nnc(N/N=C/c2cccs2)n1N. The molecule has 0 aliphatic carbocycles. The summed E-state index contributed by atoms with van der Waals surface area (Å²) in [6.07, 6.45) is 1.66. The van der Waals surface area contributed by atoms with E-state index in [9.17, 15) is 4.79 Å². The highest BCUT2D eigenvalue weighted by Crippen LogP contribution is 2.24. The number of nitrogens with two attached hydrogens (primary N) is 1. The van der Waals surface area contributed by atoms with Crippen molar-refractivity contribution in [1.82, 2.24) is 14.9 Å². The molecule has 0 bridgehead atoms. The lowest BCUT2D eigenvalue weighted by molar-refractivity contribution is -0.113. The number of nitrogen functional groups attached to an aromatic ring is 1. The van der Waals surface area contributed by atoms with Gasteiger partial charge in [0, 0.05) is 4.88 Å². The van der Waals surface area contributed by atoms with Crippen molar-refractivity contribution in [3.8, 4) is 5.75 Å². The summed E-state index contributed by atoms with van der Waals surface area (Å²) in [6.45, 7) is 0. The van der Waals surface area contributed by atoms with Gasteiger partial charge in [-0.15, -0.1) is 21.5 Å². The Balaban J connectivity index is 1.53. The predicted molar refractivity (Wildman–Crippen MR) is 108 cm³/mol. The smallest absolute Gasteiger partial charge is 0.264 e. The Morgan fingerprint density at radius 3 is 3.00 bits per heavy atom. The van der Waals surface area contributed by atoms with Gasteiger partial charge in [0.05, 0.1) is 24.8 Å². The van der Waals surface area contributed by atoms with Crippen molar-refractivity contribution >= 4 is 46.9 Å². The molecule has 0 radical (unpaired) electrons. The Labute approximate surface area is 163 Å². The number of carbonyl (C=O) groups excluding carboxylic acids is 1. The zero-order valence-electron chi connectivity index (χ0n) is 14.3. The van der Waals surface area contributed by atoms with Crippen LogP contribution in [-0.4, -0.2) is 39.9 Å². The number of thiophene rings is 1. The maximum absolute atomic E-state index is 12.2. The summed E-state index contributed by atoms with van der Waals surface area (Å²) < 4.78 is 6.45. The van der Waals surface area contributed by atoms with Crippen LogP contribution >= 0.6 is 23.1 Å². The van der Waals surface area contributed by atoms with E-state index in [1.165, 1.54) is 4.68 Å². The molecule has 2 heterocycles. The van der Waals surface area contributed by atoms with E-state index < -0.39 is 0 Å². The molecule has 2 aromatic heterocycles. The normalized spacial score (nSPS) is 10.9. The number of ether oxygens (including phenoxy) is 1. The lowest BCUT2D eigenvalue weighted by Crippen LogP contribution is -2.17. The van der Waals surface area contributed by atoms with Crippen molar-refractivity contribution < 1.29 is 9.53 Å². The molecule has 140 valence electrons. The van der Waals surface area contributed by atoms with Crippen LogP contribution in [0.25, 0.3) is 0 Å². The highest BCUT2D eigenvalue weighted by molar-refractivity contribution is 7.99. The maximum atomic E-state index is 12.2. The van der Waals surface area contributed by atoms with Crippen LogP contribution < -0.4 is 21.3 Å². The van der Waals surface area contributed by atoms with Gasteiger partial charge in [-0.25, -0.2) is 10.1 Å². The summed E-state index contributed by atoms with van der Waals surface area (Å²) in [4.78, 5) is 13.1. The van der Waals surface area contributed by atoms with E-state index in [2.05, 4.69) is 26.0 Å². The standard InChI is InChI=1S/C16H17N7O2S2/c1-25-13-7-3-2-6-12(13)19-14(24)10-27-16-22-21-15(23(16)17)20-18-9-11-5-4-8-26-11/h2-9H,10,17H2,1H3,(H,19,24)(H,20,21)/b18-9+. The van der Waals surface area contributed by atoms with Crippen LogP contribution in [0.1, 0.15) is 4.88 Å². The second kappa shape index (κ2) is 9.05. The Morgan fingerprint density at radius 2 is 2.22 bits per heavy atom. The minimum Gasteiger partial charge on any atom is -0.495 e. The van der Waals surface area contributed by atoms with Gasteiger partial charge in [0.15, 0.2) is 0 Å². The molecule has 0 saturated carbocycles. The van der Waals surface area contributed by atoms with E-state index in [1.54, 1.807) is 36.8 Å². The number of rotatable bonds is 8. The fourth-order valence-corrected chi connectivity index (χ4v) is 3.28. The molecule has 0 unspecified atom stereocenters. The summed E-state index contributed by atoms with van der Waals surface area (Å²) in [6, 6.07) is 11.0. The number of hydrogen-bond donors (Lipinski definition) is 3. The number of nitrogens with zero attached hydrogens (tertiary/aromatic N) is 4. The molecule has 4 N–H and O–H groups in total. The topological polar surface area (TPSA) is 119 Å². The van der Waals surface area contributed by atoms with Gasteiger partial charge in [-0.3, -0.25) is 4.79 Å². The van der Waals surface area contributed by atoms with Crippen molar-refractivity contribution in [2.45, 2.75) is 5.16 Å². The monoisotopic (exact) mass is 403 g/mol. The molecular formula is C16H17N7O2S2. The van der Waals surface area contributed by atoms with Crippen molar-refractivity contribution in [3.05, 3.63) is 46.7 Å². The molecule has 0 atom stereocenters. The molecule has 11 heteroatoms. The first-order chi connectivity index (χ1) is 13.2. The Kier molecular flexibility index (Phi) is 6.28. The average Bonchev–Trinajstić information content (AvgIpc) is 3.31. The van der Waals surface area contributed by atoms with E-state index in [4.69, 9.17) is 10.6 Å². The van der Waals surface area contributed by atoms with Crippen LogP contribution in [0.15, 0.2) is 52.0 Å². The fourth-order valence-electron chi connectivity index (χ4n) is 2.03. The lowest BCUT2D eigenvalue weighted by atomic mass is 10.3. The quantitative estimate of drug-likeness (QED) is 0.228. The van der Waals surface area contributed by atoms with E-state index >= 15 is 0 Å². The molecule has 0 saturated heterocycles. The van der Waals surface area contributed by atoms with Gasteiger partial charge in [0.1, 0.15) is 5.75 Å². The summed E-state index contributed by atoms with van der Waals surface area (Å²) >= 11 is 2.72. The zero-order valence-corrected chi connectivity index (χ0v) is 16.0. The van der Waals surface area contributed by atoms with Crippen LogP contribution in [0.2, 0.25) is 0 Å². The fraction of sp³-hybridized carbons (Fsp3) is 0.125. The number of amides is 1. The summed E-state index contributed by atoms with van der Waals surface area (Å²) in [5.41, 5.74) is 3.33. The minimum atomic E-state index is -0.210. The van der Waals surface area contributed by atoms with Gasteiger partial charge in [-0.2, -0.15) is 5.10 Å². The maximum Gasteiger partial charge on any atom is 0.264 e. The molecule has 1 amide bonds. The van der Waals surface area contributed by atoms with Gasteiger partial charge >= 0.3 is 0 Å². The highest BCUT2D eigenvalue weighted by Gasteiger charge is 2.13. The second-order valence-corrected chi connectivity index (χ2v) is 7.02. The Hall–Kier alpha value is -3.05. The number of para-hydroxylation sites is 2. The van der Waals surface area contributed by atoms with Crippen LogP contribution in [0.5, 0.6) is 5.75 Å². The van der Waals surface area contributed by atoms with Gasteiger partial charge in [0.25, 0.3) is 5.95 Å². The van der Waals surface area contributed by atoms with Crippen LogP contribution in [-0.2, 0) is 4.79 Å². The van der Waals surface area contributed by atoms with Gasteiger partial charge in [-0.1, -0.05) is 30.0 Å². The molecule has 0 aliphatic rings. The third kappa shape index (κ3) is 4.99. The first-order valence-electron chi connectivity index (χ1n) is 7.76. The van der Waals surface area contributed by atoms with Crippen LogP contribution in [0.4, 0.5) is 11.6 Å². The number of anilines is 2. The van der Waals surface area contributed by atoms with E-state index in [0.29, 0.717) is 16.6 Å². The summed E-state index contributed by atoms with van der Waals surface area (Å²) in [5.74, 6) is 6.70. The van der Waals surface area contributed by atoms with Crippen molar-refractivity contribution in [1.29, 1.82) is 0 Å². The van der Waals surface area contributed by atoms with Crippen LogP contribution in [0, 0.1) is 0 Å². The second-order valence-electron chi connectivity index (χ2n) is 5.10. The Morgan fingerprint density at radius 1 is 1.37 bits per heavy atom. The number of hydrazone groups is 1. The molecular weight excluding hydrogens is 386 g/mol. The molecule has 0 spiro atoms. The Bertz CT molecular complexity index is 925. The molecule has 3 aromatic rings. The van der Waals surface area contributed by atoms with E-state index in [1.807, 2.05) is 29.6 Å². The highest BCUT2D eigenvalue weighted by atomic mass is 32.2. The number of nitrogens with one attached hydrogen (secondary N) is 2. The third-order valence-electron chi connectivity index (χ3n) is 3.28. The van der Waals surface area contributed by atoms with Crippen molar-refractivity contribution in [2.75, 3.05) is 29.4 Å². The predicted octanol–water partition coefficient (Wildman–Crippen LogP) is 2.24.